The Morgan fingerprint density at radius 1 is 0.220 bits per heavy atom. The minimum atomic E-state index is -4.85. The van der Waals surface area contributed by atoms with Crippen LogP contribution < -0.4 is 42.6 Å². The molecule has 12 aromatic carbocycles. The van der Waals surface area contributed by atoms with E-state index in [2.05, 4.69) is 63.4 Å². The Morgan fingerprint density at radius 3 is 0.766 bits per heavy atom. The lowest BCUT2D eigenvalue weighted by atomic mass is 10.1. The van der Waals surface area contributed by atoms with Gasteiger partial charge in [0.05, 0.1) is 62.6 Å². The van der Waals surface area contributed by atoms with Crippen LogP contribution in [0.4, 0.5) is 114 Å². The Labute approximate surface area is 828 Å². The van der Waals surface area contributed by atoms with Crippen LogP contribution in [0.25, 0.3) is 0 Å². The van der Waals surface area contributed by atoms with Gasteiger partial charge in [0.2, 0.25) is 0 Å². The van der Waals surface area contributed by atoms with Gasteiger partial charge in [0, 0.05) is 0 Å². The van der Waals surface area contributed by atoms with Crippen molar-refractivity contribution in [3.05, 3.63) is 366 Å². The summed E-state index contributed by atoms with van der Waals surface area (Å²) in [5, 5.41) is 0.546. The van der Waals surface area contributed by atoms with Crippen LogP contribution in [-0.2, 0) is 18.5 Å². The van der Waals surface area contributed by atoms with Gasteiger partial charge in [-0.05, 0) is 327 Å². The summed E-state index contributed by atoms with van der Waals surface area (Å²) >= 11 is 25.6. The molecule has 0 unspecified atom stereocenters. The van der Waals surface area contributed by atoms with E-state index in [1.165, 1.54) is 103 Å². The Balaban J connectivity index is 0.000000770. The first kappa shape index (κ1) is 128. The van der Waals surface area contributed by atoms with Crippen molar-refractivity contribution in [3.8, 4) is 51.7 Å². The summed E-state index contributed by atoms with van der Waals surface area (Å²) in [4.78, 5) is 0. The number of hydrogen-bond acceptors (Lipinski definition) is 9. The summed E-state index contributed by atoms with van der Waals surface area (Å²) in [5.74, 6) is -0.638. The first-order chi connectivity index (χ1) is 64.9. The number of methoxy groups -OCH3 is 3. The van der Waals surface area contributed by atoms with Crippen LogP contribution in [-0.4, -0.2) is 60.3 Å². The molecule has 0 aromatic heterocycles. The van der Waals surface area contributed by atoms with Crippen molar-refractivity contribution < 1.29 is 157 Å². The van der Waals surface area contributed by atoms with Crippen LogP contribution in [0.5, 0.6) is 51.7 Å². The second-order valence-electron chi connectivity index (χ2n) is 29.9. The Morgan fingerprint density at radius 2 is 0.440 bits per heavy atom. The van der Waals surface area contributed by atoms with Crippen molar-refractivity contribution in [1.29, 1.82) is 0 Å². The van der Waals surface area contributed by atoms with Gasteiger partial charge < -0.3 is 42.6 Å². The SMILES string of the molecule is COc1cc(C)ccc1Br.COc1cc(C)ccc1C.COc1cc(C)ccc1Cl.Cc1ccc(C)c(C(F)(F)F)c1.Cc1ccc(C)c(C(F)(F)F)c1.Cc1ccc(C)c(OC(F)(F)F)c1.Cc1ccc(C)c(OC(F)F)c1.Cc1ccc(Cl)c(C(F)(F)F)c1.Cc1ccc(Cl)c(OC(F)(F)F)c1.Cc1ccc(Cl)c(OC(F)F)c1.Cc1ccc(F)c(OC(F)(F)F)c1.Cc1ccc(F)c(OC(F)F)c1. The zero-order valence-electron chi connectivity index (χ0n) is 78.9. The van der Waals surface area contributed by atoms with E-state index in [0.29, 0.717) is 44.0 Å². The quantitative estimate of drug-likeness (QED) is 0.111. The van der Waals surface area contributed by atoms with E-state index in [0.717, 1.165) is 85.9 Å². The lowest BCUT2D eigenvalue weighted by Crippen LogP contribution is -2.18. The molecule has 0 amide bonds. The van der Waals surface area contributed by atoms with Crippen LogP contribution in [0.3, 0.4) is 0 Å². The van der Waals surface area contributed by atoms with Crippen LogP contribution in [0, 0.1) is 129 Å². The standard InChI is InChI=1S/C9H9F3O.2C9H9F3.C9H10F2O.C9H12O.C8H9BrO.C8H6ClF3O.C8H6ClF3.C8H7ClF2O.C8H9ClO.C8H6F4O.C8H7F3O/c1-6-3-4-7(2)8(5-6)13-9(10,11)12;2*1-6-3-4-7(2)8(5-6)9(10,11)12;1-6-3-4-7(2)8(5-6)12-9(10)11;1-7-4-5-8(2)9(6-7)10-3;1-6-3-4-7(9)8(5-6)10-2;1-5-2-3-6(9)7(4-5)13-8(10,11)12;1-5-2-3-7(9)6(4-5)8(10,11)12;1-5-2-3-6(9)7(4-5)12-8(10)11;1-6-3-4-7(9)8(5-6)10-2;1-5-2-3-6(9)7(4-5)13-8(10,11)12;1-5-2-3-6(9)7(4-5)12-8(10)11/h3-5H,1-2H3;2*3-5H,1-2H3;3-5,9H,1-2H3;4-6H,1-3H3;3-5H,1-2H3;2-4H,1H3;2-4H,1H3;2-4,8H,1H3;3-5H,1-2H3;2-4H,1H3;2-4,8H,1H3. The molecule has 0 N–H and O–H groups in total. The third kappa shape index (κ3) is 53.9. The molecule has 40 heteroatoms. The van der Waals surface area contributed by atoms with Gasteiger partial charge in [-0.15, -0.1) is 39.5 Å². The topological polar surface area (TPSA) is 83.1 Å². The maximum absolute atomic E-state index is 12.7. The molecule has 774 valence electrons. The maximum atomic E-state index is 12.7. The minimum Gasteiger partial charge on any atom is -0.496 e. The molecule has 0 heterocycles. The van der Waals surface area contributed by atoms with Crippen LogP contribution in [0.15, 0.2) is 223 Å². The lowest BCUT2D eigenvalue weighted by Gasteiger charge is -2.11. The summed E-state index contributed by atoms with van der Waals surface area (Å²) in [7, 11) is 4.97. The van der Waals surface area contributed by atoms with Gasteiger partial charge in [0.25, 0.3) is 0 Å². The Hall–Kier alpha value is -11.3. The molecule has 0 atom stereocenters. The fraction of sp³-hybridized carbons (Fsp3) is 0.287. The van der Waals surface area contributed by atoms with Crippen LogP contribution in [0.2, 0.25) is 20.1 Å². The van der Waals surface area contributed by atoms with E-state index in [-0.39, 0.29) is 49.2 Å². The fourth-order valence-electron chi connectivity index (χ4n) is 10.5. The van der Waals surface area contributed by atoms with Crippen LogP contribution >= 0.6 is 62.3 Å². The molecule has 0 saturated heterocycles. The molecular formula is C101H99BrCl4F26O9. The smallest absolute Gasteiger partial charge is 0.496 e. The van der Waals surface area contributed by atoms with E-state index < -0.39 is 97.3 Å². The average Bonchev–Trinajstić information content (AvgIpc) is 0.834. The molecule has 0 bridgehead atoms. The number of halogens is 31. The summed E-state index contributed by atoms with van der Waals surface area (Å²) in [6.45, 7) is 20.9. The van der Waals surface area contributed by atoms with Gasteiger partial charge in [-0.2, -0.15) is 65.9 Å². The summed E-state index contributed by atoms with van der Waals surface area (Å²) in [6, 6.07) is 56.2. The largest absolute Gasteiger partial charge is 0.573 e. The highest BCUT2D eigenvalue weighted by Gasteiger charge is 2.37. The maximum Gasteiger partial charge on any atom is 0.573 e. The predicted molar refractivity (Wildman–Crippen MR) is 500 cm³/mol. The summed E-state index contributed by atoms with van der Waals surface area (Å²) in [5.41, 5.74) is 10.8. The first-order valence-electron chi connectivity index (χ1n) is 40.5. The fourth-order valence-corrected chi connectivity index (χ4v) is 11.6. The average molecular weight is 2170 g/mol. The molecule has 0 spiro atoms. The van der Waals surface area contributed by atoms with Crippen molar-refractivity contribution in [1.82, 2.24) is 0 Å². The Bertz CT molecular complexity index is 5280. The number of ether oxygens (including phenoxy) is 9. The van der Waals surface area contributed by atoms with Gasteiger partial charge in [0.15, 0.2) is 23.1 Å². The van der Waals surface area contributed by atoms with E-state index in [1.807, 2.05) is 76.2 Å². The molecular weight excluding hydrogens is 2070 g/mol. The number of rotatable bonds is 12. The molecule has 0 aliphatic rings. The number of aryl methyl sites for hydroxylation is 17. The molecule has 0 saturated carbocycles. The normalized spacial score (nSPS) is 10.9. The molecule has 0 radical (unpaired) electrons. The van der Waals surface area contributed by atoms with E-state index >= 15 is 0 Å². The van der Waals surface area contributed by atoms with Crippen LogP contribution in [0.1, 0.15) is 111 Å². The molecule has 0 fully saturated rings. The highest BCUT2D eigenvalue weighted by molar-refractivity contribution is 9.10. The van der Waals surface area contributed by atoms with Gasteiger partial charge in [-0.3, -0.25) is 0 Å². The van der Waals surface area contributed by atoms with Crippen molar-refractivity contribution in [3.63, 3.8) is 0 Å². The molecule has 12 rings (SSSR count). The molecule has 0 aliphatic carbocycles. The molecule has 12 aromatic rings. The number of benzene rings is 12. The lowest BCUT2D eigenvalue weighted by molar-refractivity contribution is -0.276. The van der Waals surface area contributed by atoms with Crippen molar-refractivity contribution in [2.45, 2.75) is 175 Å². The third-order valence-electron chi connectivity index (χ3n) is 17.4. The monoisotopic (exact) mass is 2170 g/mol. The number of alkyl halides is 24. The van der Waals surface area contributed by atoms with Gasteiger partial charge in [0.1, 0.15) is 40.2 Å². The van der Waals surface area contributed by atoms with E-state index in [1.54, 1.807) is 139 Å². The van der Waals surface area contributed by atoms with E-state index in [4.69, 9.17) is 60.6 Å². The molecule has 9 nitrogen and oxygen atoms in total. The summed E-state index contributed by atoms with van der Waals surface area (Å²) in [6.07, 6.45) is -27.0. The predicted octanol–water partition coefficient (Wildman–Crippen LogP) is 36.7. The number of hydrogen-bond donors (Lipinski definition) is 0. The van der Waals surface area contributed by atoms with Gasteiger partial charge >= 0.3 is 57.5 Å². The van der Waals surface area contributed by atoms with Gasteiger partial charge in [-0.1, -0.05) is 166 Å². The van der Waals surface area contributed by atoms with Crippen molar-refractivity contribution in [2.75, 3.05) is 21.3 Å². The van der Waals surface area contributed by atoms with Crippen molar-refractivity contribution in [2.24, 2.45) is 0 Å². The van der Waals surface area contributed by atoms with Crippen molar-refractivity contribution >= 4 is 62.3 Å². The van der Waals surface area contributed by atoms with E-state index in [9.17, 15) is 114 Å². The van der Waals surface area contributed by atoms with Gasteiger partial charge in [-0.25, -0.2) is 8.78 Å². The zero-order valence-corrected chi connectivity index (χ0v) is 83.5. The first-order valence-corrected chi connectivity index (χ1v) is 42.8. The minimum absolute atomic E-state index is 0.0201. The third-order valence-corrected chi connectivity index (χ3v) is 19.3. The highest BCUT2D eigenvalue weighted by atomic mass is 79.9. The molecule has 0 aliphatic heterocycles. The second-order valence-corrected chi connectivity index (χ2v) is 32.4. The summed E-state index contributed by atoms with van der Waals surface area (Å²) < 4.78 is 351. The molecule has 141 heavy (non-hydrogen) atoms. The zero-order chi connectivity index (χ0) is 108. The highest BCUT2D eigenvalue weighted by Crippen LogP contribution is 2.39. The second kappa shape index (κ2) is 60.2. The Kier molecular flexibility index (Phi) is 54.5.